The molecule has 0 heterocycles. The third-order valence-electron chi connectivity index (χ3n) is 3.04. The molecule has 1 saturated carbocycles. The van der Waals surface area contributed by atoms with Gasteiger partial charge >= 0.3 is 0 Å². The second kappa shape index (κ2) is 6.79. The van der Waals surface area contributed by atoms with Crippen LogP contribution in [0.15, 0.2) is 23.3 Å². The first-order valence-corrected chi connectivity index (χ1v) is 6.71. The molecule has 0 amide bonds. The quantitative estimate of drug-likeness (QED) is 0.679. The Hall–Kier alpha value is -2.24. The molecule has 1 N–H and O–H groups in total. The fourth-order valence-electron chi connectivity index (χ4n) is 2.05. The summed E-state index contributed by atoms with van der Waals surface area (Å²) in [5.41, 5.74) is 2.96. The SMILES string of the molecule is N#CC(C#N)=NNc1ccc(OC2CCCC2)c(Cl)c1. The van der Waals surface area contributed by atoms with E-state index >= 15 is 0 Å². The average Bonchev–Trinajstić information content (AvgIpc) is 2.96. The van der Waals surface area contributed by atoms with Crippen LogP contribution in [-0.4, -0.2) is 11.8 Å². The van der Waals surface area contributed by atoms with E-state index in [9.17, 15) is 0 Å². The highest BCUT2D eigenvalue weighted by atomic mass is 35.5. The molecule has 0 spiro atoms. The summed E-state index contributed by atoms with van der Waals surface area (Å²) in [6.45, 7) is 0. The lowest BCUT2D eigenvalue weighted by Gasteiger charge is -2.14. The van der Waals surface area contributed by atoms with Crippen LogP contribution in [0, 0.1) is 22.7 Å². The number of halogens is 1. The molecule has 1 aliphatic rings. The van der Waals surface area contributed by atoms with Crippen molar-refractivity contribution < 1.29 is 4.74 Å². The summed E-state index contributed by atoms with van der Waals surface area (Å²) in [5, 5.41) is 21.3. The minimum atomic E-state index is -0.243. The van der Waals surface area contributed by atoms with Crippen LogP contribution in [0.3, 0.4) is 0 Å². The third-order valence-corrected chi connectivity index (χ3v) is 3.33. The Balaban J connectivity index is 2.04. The fourth-order valence-corrected chi connectivity index (χ4v) is 2.27. The Bertz CT molecular complexity index is 578. The highest BCUT2D eigenvalue weighted by Gasteiger charge is 2.17. The molecule has 20 heavy (non-hydrogen) atoms. The van der Waals surface area contributed by atoms with Crippen LogP contribution in [0.25, 0.3) is 0 Å². The molecule has 102 valence electrons. The predicted octanol–water partition coefficient (Wildman–Crippen LogP) is 3.48. The zero-order chi connectivity index (χ0) is 14.4. The van der Waals surface area contributed by atoms with E-state index in [1.165, 1.54) is 12.8 Å². The van der Waals surface area contributed by atoms with Gasteiger partial charge < -0.3 is 4.74 Å². The smallest absolute Gasteiger partial charge is 0.237 e. The molecule has 0 saturated heterocycles. The van der Waals surface area contributed by atoms with Gasteiger partial charge in [0.15, 0.2) is 0 Å². The van der Waals surface area contributed by atoms with Gasteiger partial charge in [-0.15, -0.1) is 0 Å². The number of anilines is 1. The molecule has 1 aromatic carbocycles. The number of nitriles is 2. The van der Waals surface area contributed by atoms with Gasteiger partial charge in [-0.2, -0.15) is 15.6 Å². The van der Waals surface area contributed by atoms with Crippen LogP contribution in [-0.2, 0) is 0 Å². The lowest BCUT2D eigenvalue weighted by molar-refractivity contribution is 0.210. The Morgan fingerprint density at radius 3 is 2.60 bits per heavy atom. The molecule has 6 heteroatoms. The van der Waals surface area contributed by atoms with Crippen LogP contribution in [0.2, 0.25) is 5.02 Å². The summed E-state index contributed by atoms with van der Waals surface area (Å²) in [4.78, 5) is 0. The van der Waals surface area contributed by atoms with Crippen molar-refractivity contribution in [2.24, 2.45) is 5.10 Å². The largest absolute Gasteiger partial charge is 0.489 e. The lowest BCUT2D eigenvalue weighted by Crippen LogP contribution is -2.11. The highest BCUT2D eigenvalue weighted by molar-refractivity contribution is 6.32. The van der Waals surface area contributed by atoms with Gasteiger partial charge in [0.05, 0.1) is 16.8 Å². The van der Waals surface area contributed by atoms with Crippen LogP contribution in [0.5, 0.6) is 5.75 Å². The molecule has 5 nitrogen and oxygen atoms in total. The van der Waals surface area contributed by atoms with E-state index in [0.717, 1.165) is 12.8 Å². The van der Waals surface area contributed by atoms with Gasteiger partial charge in [0, 0.05) is 0 Å². The van der Waals surface area contributed by atoms with Crippen molar-refractivity contribution in [3.63, 3.8) is 0 Å². The number of rotatable bonds is 4. The number of benzene rings is 1. The summed E-state index contributed by atoms with van der Waals surface area (Å²) >= 11 is 6.15. The number of hydrazone groups is 1. The normalized spacial score (nSPS) is 14.2. The molecule has 0 atom stereocenters. The van der Waals surface area contributed by atoms with Crippen LogP contribution < -0.4 is 10.2 Å². The van der Waals surface area contributed by atoms with Crippen molar-refractivity contribution in [2.45, 2.75) is 31.8 Å². The van der Waals surface area contributed by atoms with E-state index in [-0.39, 0.29) is 11.8 Å². The van der Waals surface area contributed by atoms with E-state index in [4.69, 9.17) is 26.9 Å². The maximum absolute atomic E-state index is 8.57. The third kappa shape index (κ3) is 3.63. The zero-order valence-corrected chi connectivity index (χ0v) is 11.5. The fraction of sp³-hybridized carbons (Fsp3) is 0.357. The molecule has 1 fully saturated rings. The van der Waals surface area contributed by atoms with Gasteiger partial charge in [-0.05, 0) is 43.9 Å². The summed E-state index contributed by atoms with van der Waals surface area (Å²) in [7, 11) is 0. The Morgan fingerprint density at radius 2 is 2.00 bits per heavy atom. The highest BCUT2D eigenvalue weighted by Crippen LogP contribution is 2.31. The first kappa shape index (κ1) is 14.2. The van der Waals surface area contributed by atoms with E-state index in [1.54, 1.807) is 30.3 Å². The number of nitrogens with zero attached hydrogens (tertiary/aromatic N) is 3. The van der Waals surface area contributed by atoms with E-state index in [1.807, 2.05) is 0 Å². The summed E-state index contributed by atoms with van der Waals surface area (Å²) in [6, 6.07) is 8.49. The first-order valence-electron chi connectivity index (χ1n) is 6.33. The topological polar surface area (TPSA) is 81.2 Å². The summed E-state index contributed by atoms with van der Waals surface area (Å²) < 4.78 is 5.83. The van der Waals surface area contributed by atoms with Gasteiger partial charge in [-0.25, -0.2) is 0 Å². The maximum atomic E-state index is 8.57. The molecule has 0 aliphatic heterocycles. The number of hydrogen-bond acceptors (Lipinski definition) is 5. The summed E-state index contributed by atoms with van der Waals surface area (Å²) in [6.07, 6.45) is 4.76. The van der Waals surface area contributed by atoms with E-state index in [2.05, 4.69) is 10.5 Å². The zero-order valence-electron chi connectivity index (χ0n) is 10.8. The van der Waals surface area contributed by atoms with E-state index in [0.29, 0.717) is 16.5 Å². The van der Waals surface area contributed by atoms with Crippen molar-refractivity contribution in [3.05, 3.63) is 23.2 Å². The first-order chi connectivity index (χ1) is 9.72. The monoisotopic (exact) mass is 288 g/mol. The Labute approximate surface area is 122 Å². The van der Waals surface area contributed by atoms with Gasteiger partial charge in [0.25, 0.3) is 0 Å². The molecule has 1 aromatic rings. The van der Waals surface area contributed by atoms with E-state index < -0.39 is 0 Å². The Morgan fingerprint density at radius 1 is 1.30 bits per heavy atom. The minimum Gasteiger partial charge on any atom is -0.489 e. The number of ether oxygens (including phenoxy) is 1. The standard InChI is InChI=1S/C14H13ClN4O/c15-13-7-10(18-19-11(8-16)9-17)5-6-14(13)20-12-3-1-2-4-12/h5-7,12,18H,1-4H2. The Kier molecular flexibility index (Phi) is 4.81. The van der Waals surface area contributed by atoms with Crippen molar-refractivity contribution in [3.8, 4) is 17.9 Å². The molecule has 0 unspecified atom stereocenters. The summed E-state index contributed by atoms with van der Waals surface area (Å²) in [5.74, 6) is 0.647. The molecule has 0 aromatic heterocycles. The van der Waals surface area contributed by atoms with Gasteiger partial charge in [-0.3, -0.25) is 5.43 Å². The molecule has 2 rings (SSSR count). The van der Waals surface area contributed by atoms with Crippen molar-refractivity contribution >= 4 is 23.0 Å². The van der Waals surface area contributed by atoms with Gasteiger partial charge in [0.2, 0.25) is 5.71 Å². The molecule has 1 aliphatic carbocycles. The minimum absolute atomic E-state index is 0.243. The predicted molar refractivity (Wildman–Crippen MR) is 76.6 cm³/mol. The lowest BCUT2D eigenvalue weighted by atomic mass is 10.3. The molecule has 0 bridgehead atoms. The van der Waals surface area contributed by atoms with Gasteiger partial charge in [0.1, 0.15) is 17.9 Å². The number of nitrogens with one attached hydrogen (secondary N) is 1. The van der Waals surface area contributed by atoms with Crippen LogP contribution in [0.4, 0.5) is 5.69 Å². The van der Waals surface area contributed by atoms with Crippen molar-refractivity contribution in [1.82, 2.24) is 0 Å². The average molecular weight is 289 g/mol. The second-order valence-corrected chi connectivity index (χ2v) is 4.87. The van der Waals surface area contributed by atoms with Crippen LogP contribution >= 0.6 is 11.6 Å². The molecular formula is C14H13ClN4O. The van der Waals surface area contributed by atoms with Crippen molar-refractivity contribution in [2.75, 3.05) is 5.43 Å². The molecular weight excluding hydrogens is 276 g/mol. The van der Waals surface area contributed by atoms with Crippen molar-refractivity contribution in [1.29, 1.82) is 10.5 Å². The second-order valence-electron chi connectivity index (χ2n) is 4.47. The molecule has 0 radical (unpaired) electrons. The number of hydrogen-bond donors (Lipinski definition) is 1. The maximum Gasteiger partial charge on any atom is 0.237 e. The van der Waals surface area contributed by atoms with Gasteiger partial charge in [-0.1, -0.05) is 11.6 Å². The van der Waals surface area contributed by atoms with Crippen LogP contribution in [0.1, 0.15) is 25.7 Å².